The number of benzene rings is 1. The second kappa shape index (κ2) is 12.0. The van der Waals surface area contributed by atoms with E-state index in [1.54, 1.807) is 12.4 Å². The number of amides is 1. The smallest absolute Gasteiger partial charge is 0.225 e. The number of carbonyl (C=O) groups is 1. The molecule has 2 aliphatic rings. The summed E-state index contributed by atoms with van der Waals surface area (Å²) in [5.41, 5.74) is 2.65. The molecular weight excluding hydrogens is 517 g/mol. The minimum atomic E-state index is 0. The minimum Gasteiger partial charge on any atom is -0.356 e. The first kappa shape index (κ1) is 24.2. The highest BCUT2D eigenvalue weighted by molar-refractivity contribution is 14.0. The molecule has 0 saturated carbocycles. The highest BCUT2D eigenvalue weighted by Gasteiger charge is 2.22. The Morgan fingerprint density at radius 1 is 1.00 bits per heavy atom. The second-order valence-electron chi connectivity index (χ2n) is 7.93. The molecule has 4 rings (SSSR count). The van der Waals surface area contributed by atoms with Gasteiger partial charge < -0.3 is 20.0 Å². The van der Waals surface area contributed by atoms with Crippen molar-refractivity contribution in [2.45, 2.75) is 25.8 Å². The first-order valence-corrected chi connectivity index (χ1v) is 11.1. The van der Waals surface area contributed by atoms with E-state index in [-0.39, 0.29) is 29.9 Å². The maximum atomic E-state index is 12.6. The normalized spacial score (nSPS) is 16.3. The zero-order valence-electron chi connectivity index (χ0n) is 18.6. The van der Waals surface area contributed by atoms with Crippen molar-refractivity contribution < 1.29 is 4.79 Å². The topological polar surface area (TPSA) is 77.0 Å². The molecule has 8 nitrogen and oxygen atoms in total. The van der Waals surface area contributed by atoms with Crippen LogP contribution in [-0.4, -0.2) is 78.0 Å². The predicted molar refractivity (Wildman–Crippen MR) is 137 cm³/mol. The Kier molecular flexibility index (Phi) is 9.07. The van der Waals surface area contributed by atoms with Crippen molar-refractivity contribution in [1.29, 1.82) is 0 Å². The molecule has 2 aliphatic heterocycles. The Labute approximate surface area is 207 Å². The van der Waals surface area contributed by atoms with Crippen LogP contribution in [0.3, 0.4) is 0 Å². The molecule has 0 unspecified atom stereocenters. The second-order valence-corrected chi connectivity index (χ2v) is 7.93. The van der Waals surface area contributed by atoms with Crippen molar-refractivity contribution in [3.63, 3.8) is 0 Å². The van der Waals surface area contributed by atoms with Crippen molar-refractivity contribution in [1.82, 2.24) is 25.1 Å². The average Bonchev–Trinajstić information content (AvgIpc) is 2.84. The Morgan fingerprint density at radius 2 is 1.72 bits per heavy atom. The van der Waals surface area contributed by atoms with Crippen molar-refractivity contribution >= 4 is 41.8 Å². The first-order chi connectivity index (χ1) is 15.2. The Bertz CT molecular complexity index is 900. The van der Waals surface area contributed by atoms with E-state index in [4.69, 9.17) is 0 Å². The quantitative estimate of drug-likeness (QED) is 0.267. The highest BCUT2D eigenvalue weighted by Crippen LogP contribution is 2.19. The van der Waals surface area contributed by atoms with Gasteiger partial charge in [-0.15, -0.1) is 24.0 Å². The molecule has 2 aromatic rings. The molecule has 32 heavy (non-hydrogen) atoms. The van der Waals surface area contributed by atoms with Gasteiger partial charge in [0, 0.05) is 71.7 Å². The predicted octanol–water partition coefficient (Wildman–Crippen LogP) is 2.16. The van der Waals surface area contributed by atoms with Gasteiger partial charge >= 0.3 is 0 Å². The monoisotopic (exact) mass is 549 g/mol. The summed E-state index contributed by atoms with van der Waals surface area (Å²) in [6.45, 7) is 5.75. The van der Waals surface area contributed by atoms with Crippen LogP contribution in [0.15, 0.2) is 47.7 Å². The SMILES string of the molecule is CN=C(NCCCC(=O)N1CCc2ccccc2C1)N1CCN(c2ncccn2)CC1.I. The number of nitrogens with zero attached hydrogens (tertiary/aromatic N) is 6. The van der Waals surface area contributed by atoms with Crippen LogP contribution in [0, 0.1) is 0 Å². The Hall–Kier alpha value is -2.43. The average molecular weight is 549 g/mol. The van der Waals surface area contributed by atoms with E-state index in [0.717, 1.165) is 70.6 Å². The number of rotatable bonds is 5. The lowest BCUT2D eigenvalue weighted by Gasteiger charge is -2.36. The first-order valence-electron chi connectivity index (χ1n) is 11.1. The highest BCUT2D eigenvalue weighted by atomic mass is 127. The van der Waals surface area contributed by atoms with E-state index < -0.39 is 0 Å². The number of nitrogens with one attached hydrogen (secondary N) is 1. The number of piperazine rings is 1. The van der Waals surface area contributed by atoms with Crippen LogP contribution in [0.4, 0.5) is 5.95 Å². The van der Waals surface area contributed by atoms with Gasteiger partial charge in [-0.2, -0.15) is 0 Å². The number of carbonyl (C=O) groups excluding carboxylic acids is 1. The van der Waals surface area contributed by atoms with Crippen LogP contribution in [0.2, 0.25) is 0 Å². The third-order valence-corrected chi connectivity index (χ3v) is 5.96. The summed E-state index contributed by atoms with van der Waals surface area (Å²) in [4.78, 5) is 32.2. The summed E-state index contributed by atoms with van der Waals surface area (Å²) in [5, 5.41) is 3.42. The number of aliphatic imine (C=N–C) groups is 1. The zero-order valence-corrected chi connectivity index (χ0v) is 20.9. The molecule has 3 heterocycles. The summed E-state index contributed by atoms with van der Waals surface area (Å²) in [7, 11) is 1.81. The molecular formula is C23H32IN7O. The number of hydrogen-bond acceptors (Lipinski definition) is 5. The lowest BCUT2D eigenvalue weighted by atomic mass is 9.99. The van der Waals surface area contributed by atoms with E-state index in [2.05, 4.69) is 54.3 Å². The lowest BCUT2D eigenvalue weighted by Crippen LogP contribution is -2.53. The van der Waals surface area contributed by atoms with Crippen LogP contribution in [-0.2, 0) is 17.8 Å². The number of guanidine groups is 1. The summed E-state index contributed by atoms with van der Waals surface area (Å²) in [5.74, 6) is 1.92. The minimum absolute atomic E-state index is 0. The summed E-state index contributed by atoms with van der Waals surface area (Å²) < 4.78 is 0. The fourth-order valence-electron chi connectivity index (χ4n) is 4.21. The zero-order chi connectivity index (χ0) is 21.5. The fourth-order valence-corrected chi connectivity index (χ4v) is 4.21. The molecule has 0 aliphatic carbocycles. The molecule has 0 radical (unpaired) electrons. The molecule has 0 bridgehead atoms. The molecule has 172 valence electrons. The van der Waals surface area contributed by atoms with Crippen LogP contribution >= 0.6 is 24.0 Å². The summed E-state index contributed by atoms with van der Waals surface area (Å²) in [6.07, 6.45) is 5.87. The van der Waals surface area contributed by atoms with E-state index in [9.17, 15) is 4.79 Å². The molecule has 1 N–H and O–H groups in total. The number of fused-ring (bicyclic) bond motifs is 1. The molecule has 0 atom stereocenters. The number of hydrogen-bond donors (Lipinski definition) is 1. The molecule has 9 heteroatoms. The van der Waals surface area contributed by atoms with E-state index >= 15 is 0 Å². The van der Waals surface area contributed by atoms with Gasteiger partial charge in [0.1, 0.15) is 0 Å². The van der Waals surface area contributed by atoms with Crippen molar-refractivity contribution in [3.8, 4) is 0 Å². The standard InChI is InChI=1S/C23H31N7O.HI/c1-24-22(28-14-16-29(17-15-28)23-26-11-5-12-27-23)25-10-4-8-21(31)30-13-9-19-6-2-3-7-20(19)18-30;/h2-3,5-7,11-12H,4,8-10,13-18H2,1H3,(H,24,25);1H. The summed E-state index contributed by atoms with van der Waals surface area (Å²) >= 11 is 0. The molecule has 1 aromatic heterocycles. The van der Waals surface area contributed by atoms with Crippen LogP contribution in [0.1, 0.15) is 24.0 Å². The van der Waals surface area contributed by atoms with E-state index in [0.29, 0.717) is 6.42 Å². The van der Waals surface area contributed by atoms with E-state index in [1.165, 1.54) is 11.1 Å². The van der Waals surface area contributed by atoms with Crippen molar-refractivity contribution in [2.75, 3.05) is 51.2 Å². The van der Waals surface area contributed by atoms with Gasteiger partial charge in [0.15, 0.2) is 5.96 Å². The van der Waals surface area contributed by atoms with Gasteiger partial charge in [-0.05, 0) is 30.0 Å². The summed E-state index contributed by atoms with van der Waals surface area (Å²) in [6, 6.07) is 10.3. The number of anilines is 1. The lowest BCUT2D eigenvalue weighted by molar-refractivity contribution is -0.132. The van der Waals surface area contributed by atoms with Gasteiger partial charge in [0.2, 0.25) is 11.9 Å². The van der Waals surface area contributed by atoms with Crippen molar-refractivity contribution in [2.24, 2.45) is 4.99 Å². The number of aromatic nitrogens is 2. The Balaban J connectivity index is 0.00000289. The molecule has 0 spiro atoms. The number of halogens is 1. The van der Waals surface area contributed by atoms with E-state index in [1.807, 2.05) is 18.0 Å². The third kappa shape index (κ3) is 6.08. The fraction of sp³-hybridized carbons (Fsp3) is 0.478. The maximum Gasteiger partial charge on any atom is 0.225 e. The Morgan fingerprint density at radius 3 is 2.44 bits per heavy atom. The van der Waals surface area contributed by atoms with Gasteiger partial charge in [0.25, 0.3) is 0 Å². The van der Waals surface area contributed by atoms with Gasteiger partial charge in [-0.3, -0.25) is 9.79 Å². The van der Waals surface area contributed by atoms with Crippen LogP contribution in [0.5, 0.6) is 0 Å². The van der Waals surface area contributed by atoms with Gasteiger partial charge in [-0.1, -0.05) is 24.3 Å². The van der Waals surface area contributed by atoms with Crippen LogP contribution < -0.4 is 10.2 Å². The third-order valence-electron chi connectivity index (χ3n) is 5.96. The van der Waals surface area contributed by atoms with Crippen molar-refractivity contribution in [3.05, 3.63) is 53.9 Å². The van der Waals surface area contributed by atoms with Gasteiger partial charge in [-0.25, -0.2) is 9.97 Å². The van der Waals surface area contributed by atoms with Gasteiger partial charge in [0.05, 0.1) is 0 Å². The molecule has 1 fully saturated rings. The van der Waals surface area contributed by atoms with Crippen LogP contribution in [0.25, 0.3) is 0 Å². The maximum absolute atomic E-state index is 12.6. The molecule has 1 amide bonds. The molecule has 1 aromatic carbocycles. The molecule has 1 saturated heterocycles. The largest absolute Gasteiger partial charge is 0.356 e.